The van der Waals surface area contributed by atoms with E-state index in [1.54, 1.807) is 0 Å². The Labute approximate surface area is 107 Å². The molecule has 0 radical (unpaired) electrons. The molecule has 3 unspecified atom stereocenters. The molecule has 0 aromatic carbocycles. The van der Waals surface area contributed by atoms with Crippen LogP contribution in [0.2, 0.25) is 0 Å². The summed E-state index contributed by atoms with van der Waals surface area (Å²) in [5, 5.41) is 0. The van der Waals surface area contributed by atoms with Crippen LogP contribution in [0.5, 0.6) is 0 Å². The topological polar surface area (TPSA) is 9.23 Å². The molecule has 0 spiro atoms. The van der Waals surface area contributed by atoms with Gasteiger partial charge >= 0.3 is 0 Å². The van der Waals surface area contributed by atoms with Crippen molar-refractivity contribution < 1.29 is 4.74 Å². The lowest BCUT2D eigenvalue weighted by Gasteiger charge is -2.37. The van der Waals surface area contributed by atoms with E-state index in [2.05, 4.69) is 33.9 Å². The van der Waals surface area contributed by atoms with Crippen molar-refractivity contribution in [3.8, 4) is 0 Å². The molecule has 1 heteroatoms. The van der Waals surface area contributed by atoms with E-state index in [1.165, 1.54) is 19.3 Å². The van der Waals surface area contributed by atoms with Gasteiger partial charge in [0.25, 0.3) is 0 Å². The smallest absolute Gasteiger partial charge is 0.101 e. The fourth-order valence-corrected chi connectivity index (χ4v) is 2.84. The Kier molecular flexibility index (Phi) is 5.30. The summed E-state index contributed by atoms with van der Waals surface area (Å²) in [5.41, 5.74) is 1.12. The van der Waals surface area contributed by atoms with Crippen molar-refractivity contribution in [2.45, 2.75) is 59.5 Å². The molecular weight excluding hydrogens is 208 g/mol. The van der Waals surface area contributed by atoms with Crippen molar-refractivity contribution >= 4 is 0 Å². The zero-order valence-electron chi connectivity index (χ0n) is 12.0. The molecule has 0 heterocycles. The molecule has 0 aromatic heterocycles. The van der Waals surface area contributed by atoms with Crippen LogP contribution in [0.15, 0.2) is 24.5 Å². The van der Waals surface area contributed by atoms with Crippen LogP contribution in [-0.2, 0) is 4.74 Å². The minimum Gasteiger partial charge on any atom is -0.495 e. The minimum atomic E-state index is 0.366. The van der Waals surface area contributed by atoms with Gasteiger partial charge in [-0.15, -0.1) is 0 Å². The summed E-state index contributed by atoms with van der Waals surface area (Å²) in [4.78, 5) is 0. The van der Waals surface area contributed by atoms with Crippen molar-refractivity contribution in [2.75, 3.05) is 0 Å². The van der Waals surface area contributed by atoms with E-state index in [9.17, 15) is 0 Å². The molecule has 1 rings (SSSR count). The molecule has 1 nitrogen and oxygen atoms in total. The Balaban J connectivity index is 2.57. The molecular formula is C16H28O. The highest BCUT2D eigenvalue weighted by molar-refractivity contribution is 5.02. The second kappa shape index (κ2) is 6.28. The molecule has 0 aromatic rings. The summed E-state index contributed by atoms with van der Waals surface area (Å²) in [5.74, 6) is 3.06. The predicted molar refractivity (Wildman–Crippen MR) is 74.8 cm³/mol. The molecule has 1 aliphatic rings. The van der Waals surface area contributed by atoms with Crippen molar-refractivity contribution in [2.24, 2.45) is 17.8 Å². The molecule has 0 N–H and O–H groups in total. The molecule has 98 valence electrons. The largest absolute Gasteiger partial charge is 0.495 e. The van der Waals surface area contributed by atoms with Crippen LogP contribution in [0.1, 0.15) is 53.4 Å². The Morgan fingerprint density at radius 2 is 1.94 bits per heavy atom. The van der Waals surface area contributed by atoms with Crippen molar-refractivity contribution in [1.29, 1.82) is 0 Å². The normalized spacial score (nSPS) is 29.1. The number of ether oxygens (including phenoxy) is 1. The maximum absolute atomic E-state index is 6.09. The van der Waals surface area contributed by atoms with Crippen LogP contribution in [-0.4, -0.2) is 6.10 Å². The van der Waals surface area contributed by atoms with Crippen LogP contribution in [0.3, 0.4) is 0 Å². The van der Waals surface area contributed by atoms with Gasteiger partial charge in [0.1, 0.15) is 6.10 Å². The molecule has 17 heavy (non-hydrogen) atoms. The second-order valence-electron chi connectivity index (χ2n) is 6.15. The van der Waals surface area contributed by atoms with Gasteiger partial charge < -0.3 is 4.74 Å². The molecule has 3 atom stereocenters. The summed E-state index contributed by atoms with van der Waals surface area (Å²) in [6.07, 6.45) is 4.98. The fraction of sp³-hybridized carbons (Fsp3) is 0.750. The van der Waals surface area contributed by atoms with Gasteiger partial charge in [-0.25, -0.2) is 0 Å². The first-order valence-corrected chi connectivity index (χ1v) is 6.89. The second-order valence-corrected chi connectivity index (χ2v) is 6.15. The molecule has 0 bridgehead atoms. The van der Waals surface area contributed by atoms with E-state index in [0.717, 1.165) is 23.7 Å². The van der Waals surface area contributed by atoms with Crippen LogP contribution in [0, 0.1) is 17.8 Å². The summed E-state index contributed by atoms with van der Waals surface area (Å²) < 4.78 is 6.09. The zero-order chi connectivity index (χ0) is 13.0. The molecule has 0 amide bonds. The summed E-state index contributed by atoms with van der Waals surface area (Å²) in [6.45, 7) is 16.9. The Bertz CT molecular complexity index is 277. The van der Waals surface area contributed by atoms with Gasteiger partial charge in [-0.05, 0) is 37.5 Å². The summed E-state index contributed by atoms with van der Waals surface area (Å²) >= 11 is 0. The number of rotatable bonds is 5. The SMILES string of the molecule is C=C(C)CC(=C)OC1CC(C)CCC1C(C)C. The number of allylic oxidation sites excluding steroid dienone is 1. The maximum Gasteiger partial charge on any atom is 0.101 e. The minimum absolute atomic E-state index is 0.366. The van der Waals surface area contributed by atoms with Gasteiger partial charge in [0.15, 0.2) is 0 Å². The average Bonchev–Trinajstić information content (AvgIpc) is 2.15. The van der Waals surface area contributed by atoms with Crippen molar-refractivity contribution in [3.05, 3.63) is 24.5 Å². The Hall–Kier alpha value is -0.720. The van der Waals surface area contributed by atoms with Gasteiger partial charge in [0, 0.05) is 6.42 Å². The van der Waals surface area contributed by atoms with Gasteiger partial charge in [-0.2, -0.15) is 0 Å². The average molecular weight is 236 g/mol. The van der Waals surface area contributed by atoms with Gasteiger partial charge in [-0.3, -0.25) is 0 Å². The van der Waals surface area contributed by atoms with E-state index in [0.29, 0.717) is 17.9 Å². The third kappa shape index (κ3) is 4.57. The number of hydrogen-bond donors (Lipinski definition) is 0. The quantitative estimate of drug-likeness (QED) is 0.485. The predicted octanol–water partition coefficient (Wildman–Crippen LogP) is 4.94. The third-order valence-corrected chi connectivity index (χ3v) is 3.78. The van der Waals surface area contributed by atoms with Crippen LogP contribution >= 0.6 is 0 Å². The summed E-state index contributed by atoms with van der Waals surface area (Å²) in [7, 11) is 0. The molecule has 0 aliphatic heterocycles. The van der Waals surface area contributed by atoms with Gasteiger partial charge in [0.05, 0.1) is 5.76 Å². The fourth-order valence-electron chi connectivity index (χ4n) is 2.84. The highest BCUT2D eigenvalue weighted by Crippen LogP contribution is 2.36. The zero-order valence-corrected chi connectivity index (χ0v) is 12.0. The molecule has 0 saturated heterocycles. The monoisotopic (exact) mass is 236 g/mol. The highest BCUT2D eigenvalue weighted by Gasteiger charge is 2.32. The Morgan fingerprint density at radius 3 is 2.47 bits per heavy atom. The lowest BCUT2D eigenvalue weighted by molar-refractivity contribution is -0.00248. The van der Waals surface area contributed by atoms with E-state index in [4.69, 9.17) is 4.74 Å². The molecule has 1 saturated carbocycles. The van der Waals surface area contributed by atoms with Crippen LogP contribution in [0.25, 0.3) is 0 Å². The molecule has 1 aliphatic carbocycles. The standard InChI is InChI=1S/C16H28O/c1-11(2)9-14(6)17-16-10-13(5)7-8-15(16)12(3)4/h12-13,15-16H,1,6-10H2,2-5H3. The van der Waals surface area contributed by atoms with E-state index in [-0.39, 0.29) is 0 Å². The maximum atomic E-state index is 6.09. The summed E-state index contributed by atoms with van der Waals surface area (Å²) in [6, 6.07) is 0. The van der Waals surface area contributed by atoms with E-state index in [1.807, 2.05) is 6.92 Å². The van der Waals surface area contributed by atoms with E-state index >= 15 is 0 Å². The van der Waals surface area contributed by atoms with Crippen molar-refractivity contribution in [3.63, 3.8) is 0 Å². The highest BCUT2D eigenvalue weighted by atomic mass is 16.5. The lowest BCUT2D eigenvalue weighted by Crippen LogP contribution is -2.34. The first kappa shape index (κ1) is 14.3. The first-order chi connectivity index (χ1) is 7.90. The van der Waals surface area contributed by atoms with Crippen LogP contribution < -0.4 is 0 Å². The van der Waals surface area contributed by atoms with Crippen LogP contribution in [0.4, 0.5) is 0 Å². The lowest BCUT2D eigenvalue weighted by atomic mass is 9.75. The van der Waals surface area contributed by atoms with E-state index < -0.39 is 0 Å². The Morgan fingerprint density at radius 1 is 1.29 bits per heavy atom. The third-order valence-electron chi connectivity index (χ3n) is 3.78. The molecule has 1 fully saturated rings. The van der Waals surface area contributed by atoms with Gasteiger partial charge in [0.2, 0.25) is 0 Å². The first-order valence-electron chi connectivity index (χ1n) is 6.89. The number of hydrogen-bond acceptors (Lipinski definition) is 1. The van der Waals surface area contributed by atoms with Gasteiger partial charge in [-0.1, -0.05) is 45.9 Å². The van der Waals surface area contributed by atoms with Crippen molar-refractivity contribution in [1.82, 2.24) is 0 Å².